The maximum atomic E-state index is 12.4. The van der Waals surface area contributed by atoms with Gasteiger partial charge in [0, 0.05) is 18.0 Å². The molecule has 0 fully saturated rings. The van der Waals surface area contributed by atoms with E-state index < -0.39 is 5.60 Å². The molecule has 1 aliphatic rings. The Morgan fingerprint density at radius 3 is 2.50 bits per heavy atom. The van der Waals surface area contributed by atoms with Crippen molar-refractivity contribution in [3.8, 4) is 5.75 Å². The minimum atomic E-state index is -0.499. The minimum absolute atomic E-state index is 0.302. The van der Waals surface area contributed by atoms with Gasteiger partial charge >= 0.3 is 6.09 Å². The van der Waals surface area contributed by atoms with Crippen molar-refractivity contribution in [1.82, 2.24) is 0 Å². The second-order valence-electron chi connectivity index (χ2n) is 6.50. The molecule has 2 aromatic rings. The highest BCUT2D eigenvalue weighted by molar-refractivity contribution is 6.01. The van der Waals surface area contributed by atoms with Crippen molar-refractivity contribution >= 4 is 22.6 Å². The van der Waals surface area contributed by atoms with Crippen LogP contribution >= 0.6 is 0 Å². The van der Waals surface area contributed by atoms with Crippen molar-refractivity contribution in [2.45, 2.75) is 32.8 Å². The number of anilines is 1. The van der Waals surface area contributed by atoms with Crippen LogP contribution in [0.2, 0.25) is 0 Å². The van der Waals surface area contributed by atoms with Gasteiger partial charge in [0.1, 0.15) is 11.4 Å². The third kappa shape index (κ3) is 2.49. The lowest BCUT2D eigenvalue weighted by atomic mass is 10.0. The van der Waals surface area contributed by atoms with E-state index in [0.717, 1.165) is 28.6 Å². The monoisotopic (exact) mass is 299 g/mol. The van der Waals surface area contributed by atoms with Crippen LogP contribution in [0.4, 0.5) is 10.5 Å². The quantitative estimate of drug-likeness (QED) is 0.794. The molecule has 22 heavy (non-hydrogen) atoms. The van der Waals surface area contributed by atoms with Gasteiger partial charge in [-0.2, -0.15) is 0 Å². The molecule has 0 spiro atoms. The van der Waals surface area contributed by atoms with Gasteiger partial charge in [0.05, 0.1) is 12.8 Å². The second kappa shape index (κ2) is 5.20. The third-order valence-corrected chi connectivity index (χ3v) is 3.80. The van der Waals surface area contributed by atoms with Gasteiger partial charge in [-0.25, -0.2) is 4.79 Å². The van der Waals surface area contributed by atoms with E-state index in [1.165, 1.54) is 5.56 Å². The first-order valence-corrected chi connectivity index (χ1v) is 7.50. The lowest BCUT2D eigenvalue weighted by molar-refractivity contribution is 0.0584. The Bertz CT molecular complexity index is 731. The number of nitrogens with zero attached hydrogens (tertiary/aromatic N) is 1. The van der Waals surface area contributed by atoms with E-state index in [2.05, 4.69) is 6.07 Å². The van der Waals surface area contributed by atoms with Gasteiger partial charge in [0.25, 0.3) is 0 Å². The number of hydrogen-bond donors (Lipinski definition) is 0. The van der Waals surface area contributed by atoms with Gasteiger partial charge in [-0.3, -0.25) is 4.90 Å². The van der Waals surface area contributed by atoms with Crippen molar-refractivity contribution in [2.75, 3.05) is 18.6 Å². The summed E-state index contributed by atoms with van der Waals surface area (Å²) >= 11 is 0. The minimum Gasteiger partial charge on any atom is -0.496 e. The van der Waals surface area contributed by atoms with Gasteiger partial charge in [0.15, 0.2) is 0 Å². The zero-order valence-electron chi connectivity index (χ0n) is 13.5. The Hall–Kier alpha value is -2.23. The van der Waals surface area contributed by atoms with E-state index in [9.17, 15) is 4.79 Å². The van der Waals surface area contributed by atoms with Crippen LogP contribution in [0.5, 0.6) is 5.75 Å². The number of rotatable bonds is 1. The molecule has 0 aromatic heterocycles. The first-order chi connectivity index (χ1) is 10.4. The summed E-state index contributed by atoms with van der Waals surface area (Å²) in [5, 5.41) is 2.22. The molecule has 116 valence electrons. The van der Waals surface area contributed by atoms with Crippen LogP contribution in [-0.2, 0) is 11.2 Å². The standard InChI is InChI=1S/C18H21NO3/c1-18(2,3)22-17(20)19-10-9-13-12-7-5-6-8-14(12)16(21-4)11-15(13)19/h5-8,11H,9-10H2,1-4H3. The molecule has 2 aromatic carbocycles. The highest BCUT2D eigenvalue weighted by atomic mass is 16.6. The van der Waals surface area contributed by atoms with Crippen molar-refractivity contribution in [3.05, 3.63) is 35.9 Å². The van der Waals surface area contributed by atoms with E-state index in [0.29, 0.717) is 6.54 Å². The summed E-state index contributed by atoms with van der Waals surface area (Å²) in [6.07, 6.45) is 0.530. The first kappa shape index (κ1) is 14.7. The molecule has 3 rings (SSSR count). The molecule has 0 atom stereocenters. The Labute approximate surface area is 130 Å². The maximum absolute atomic E-state index is 12.4. The zero-order chi connectivity index (χ0) is 15.9. The molecule has 1 aliphatic heterocycles. The van der Waals surface area contributed by atoms with Gasteiger partial charge in [-0.1, -0.05) is 24.3 Å². The Morgan fingerprint density at radius 2 is 1.86 bits per heavy atom. The Balaban J connectivity index is 2.07. The smallest absolute Gasteiger partial charge is 0.414 e. The van der Waals surface area contributed by atoms with E-state index in [1.54, 1.807) is 12.0 Å². The molecule has 0 N–H and O–H groups in total. The predicted octanol–water partition coefficient (Wildman–Crippen LogP) is 4.15. The maximum Gasteiger partial charge on any atom is 0.414 e. The molecule has 4 heteroatoms. The van der Waals surface area contributed by atoms with E-state index in [-0.39, 0.29) is 6.09 Å². The number of carbonyl (C=O) groups is 1. The molecule has 0 aliphatic carbocycles. The summed E-state index contributed by atoms with van der Waals surface area (Å²) in [5.74, 6) is 0.782. The molecule has 1 heterocycles. The van der Waals surface area contributed by atoms with Crippen molar-refractivity contribution in [3.63, 3.8) is 0 Å². The Kier molecular flexibility index (Phi) is 3.47. The van der Waals surface area contributed by atoms with Crippen molar-refractivity contribution < 1.29 is 14.3 Å². The fraction of sp³-hybridized carbons (Fsp3) is 0.389. The summed E-state index contributed by atoms with van der Waals surface area (Å²) in [7, 11) is 1.65. The summed E-state index contributed by atoms with van der Waals surface area (Å²) < 4.78 is 11.0. The largest absolute Gasteiger partial charge is 0.496 e. The van der Waals surface area contributed by atoms with Crippen molar-refractivity contribution in [1.29, 1.82) is 0 Å². The summed E-state index contributed by atoms with van der Waals surface area (Å²) in [5.41, 5.74) is 1.58. The van der Waals surface area contributed by atoms with Crippen molar-refractivity contribution in [2.24, 2.45) is 0 Å². The first-order valence-electron chi connectivity index (χ1n) is 7.50. The van der Waals surface area contributed by atoms with Gasteiger partial charge < -0.3 is 9.47 Å². The molecular weight excluding hydrogens is 278 g/mol. The molecule has 0 saturated carbocycles. The molecule has 0 bridgehead atoms. The van der Waals surface area contributed by atoms with E-state index >= 15 is 0 Å². The van der Waals surface area contributed by atoms with Gasteiger partial charge in [-0.15, -0.1) is 0 Å². The predicted molar refractivity (Wildman–Crippen MR) is 87.8 cm³/mol. The lowest BCUT2D eigenvalue weighted by Crippen LogP contribution is -2.35. The molecule has 4 nitrogen and oxygen atoms in total. The average Bonchev–Trinajstić information content (AvgIpc) is 2.88. The summed E-state index contributed by atoms with van der Waals surface area (Å²) in [6.45, 7) is 6.27. The fourth-order valence-corrected chi connectivity index (χ4v) is 2.91. The molecular formula is C18H21NO3. The molecule has 0 unspecified atom stereocenters. The van der Waals surface area contributed by atoms with Crippen LogP contribution < -0.4 is 9.64 Å². The number of methoxy groups -OCH3 is 1. The van der Waals surface area contributed by atoms with Gasteiger partial charge in [0.2, 0.25) is 0 Å². The third-order valence-electron chi connectivity index (χ3n) is 3.80. The Morgan fingerprint density at radius 1 is 1.18 bits per heavy atom. The summed E-state index contributed by atoms with van der Waals surface area (Å²) in [4.78, 5) is 14.1. The average molecular weight is 299 g/mol. The molecule has 0 saturated heterocycles. The SMILES string of the molecule is COc1cc2c(c3ccccc13)CCN2C(=O)OC(C)(C)C. The number of ether oxygens (including phenoxy) is 2. The van der Waals surface area contributed by atoms with Crippen LogP contribution in [0.25, 0.3) is 10.8 Å². The topological polar surface area (TPSA) is 38.8 Å². The van der Waals surface area contributed by atoms with Crippen LogP contribution in [-0.4, -0.2) is 25.3 Å². The van der Waals surface area contributed by atoms with Crippen LogP contribution in [0.15, 0.2) is 30.3 Å². The van der Waals surface area contributed by atoms with Gasteiger partial charge in [-0.05, 0) is 38.1 Å². The number of amides is 1. The number of hydrogen-bond acceptors (Lipinski definition) is 3. The fourth-order valence-electron chi connectivity index (χ4n) is 2.91. The molecule has 0 radical (unpaired) electrons. The molecule has 1 amide bonds. The number of benzene rings is 2. The summed E-state index contributed by atoms with van der Waals surface area (Å²) in [6, 6.07) is 10.1. The normalized spacial score (nSPS) is 14.1. The van der Waals surface area contributed by atoms with Crippen LogP contribution in [0, 0.1) is 0 Å². The van der Waals surface area contributed by atoms with E-state index in [1.807, 2.05) is 45.0 Å². The number of carbonyl (C=O) groups excluding carboxylic acids is 1. The van der Waals surface area contributed by atoms with Crippen LogP contribution in [0.3, 0.4) is 0 Å². The van der Waals surface area contributed by atoms with Crippen LogP contribution in [0.1, 0.15) is 26.3 Å². The highest BCUT2D eigenvalue weighted by Gasteiger charge is 2.30. The zero-order valence-corrected chi connectivity index (χ0v) is 13.5. The second-order valence-corrected chi connectivity index (χ2v) is 6.50. The lowest BCUT2D eigenvalue weighted by Gasteiger charge is -2.25. The number of fused-ring (bicyclic) bond motifs is 3. The highest BCUT2D eigenvalue weighted by Crippen LogP contribution is 2.40. The van der Waals surface area contributed by atoms with E-state index in [4.69, 9.17) is 9.47 Å².